The summed E-state index contributed by atoms with van der Waals surface area (Å²) in [5, 5.41) is 3.30. The van der Waals surface area contributed by atoms with E-state index in [9.17, 15) is 4.79 Å². The number of hydrogen-bond acceptors (Lipinski definition) is 2. The molecule has 0 atom stereocenters. The lowest BCUT2D eigenvalue weighted by Crippen LogP contribution is -2.26. The Balaban J connectivity index is 1.34. The number of hydrogen-bond donors (Lipinski definition) is 1. The van der Waals surface area contributed by atoms with Gasteiger partial charge in [0.2, 0.25) is 0 Å². The van der Waals surface area contributed by atoms with Gasteiger partial charge in [-0.1, -0.05) is 72.0 Å². The highest BCUT2D eigenvalue weighted by Crippen LogP contribution is 2.44. The summed E-state index contributed by atoms with van der Waals surface area (Å²) in [6, 6.07) is 21.9. The van der Waals surface area contributed by atoms with Crippen LogP contribution in [0.2, 0.25) is 5.02 Å². The van der Waals surface area contributed by atoms with E-state index in [-0.39, 0.29) is 19.1 Å². The van der Waals surface area contributed by atoms with Gasteiger partial charge in [-0.3, -0.25) is 0 Å². The summed E-state index contributed by atoms with van der Waals surface area (Å²) in [6.07, 6.45) is -0.483. The van der Waals surface area contributed by atoms with Crippen LogP contribution in [0.5, 0.6) is 0 Å². The monoisotopic (exact) mass is 435 g/mol. The largest absolute Gasteiger partial charge is 0.449 e. The second-order valence-corrected chi connectivity index (χ2v) is 7.60. The second kappa shape index (κ2) is 9.26. The quantitative estimate of drug-likeness (QED) is 0.404. The molecule has 0 unspecified atom stereocenters. The van der Waals surface area contributed by atoms with Crippen LogP contribution in [0.4, 0.5) is 4.79 Å². The maximum absolute atomic E-state index is 12.1. The van der Waals surface area contributed by atoms with Crippen LogP contribution >= 0.6 is 23.2 Å². The number of alkyl carbamates (subject to hydrolysis) is 1. The van der Waals surface area contributed by atoms with Crippen LogP contribution in [-0.2, 0) is 10.6 Å². The van der Waals surface area contributed by atoms with E-state index in [0.717, 1.165) is 11.1 Å². The lowest BCUT2D eigenvalue weighted by molar-refractivity contribution is 0.144. The van der Waals surface area contributed by atoms with Crippen LogP contribution in [0.15, 0.2) is 66.7 Å². The van der Waals surface area contributed by atoms with Gasteiger partial charge in [-0.05, 0) is 46.0 Å². The van der Waals surface area contributed by atoms with Gasteiger partial charge in [0.25, 0.3) is 0 Å². The maximum Gasteiger partial charge on any atom is 0.407 e. The molecule has 30 heavy (non-hydrogen) atoms. The molecule has 0 spiro atoms. The molecule has 0 heterocycles. The van der Waals surface area contributed by atoms with Crippen LogP contribution < -0.4 is 5.32 Å². The highest BCUT2D eigenvalue weighted by molar-refractivity contribution is 6.32. The molecule has 5 heteroatoms. The number of benzene rings is 3. The van der Waals surface area contributed by atoms with Gasteiger partial charge in [0, 0.05) is 22.4 Å². The van der Waals surface area contributed by atoms with Crippen molar-refractivity contribution in [1.82, 2.24) is 5.32 Å². The van der Waals surface area contributed by atoms with Gasteiger partial charge in [-0.25, -0.2) is 4.79 Å². The predicted octanol–water partition coefficient (Wildman–Crippen LogP) is 5.97. The van der Waals surface area contributed by atoms with E-state index in [0.29, 0.717) is 10.9 Å². The minimum absolute atomic E-state index is 0.0391. The minimum Gasteiger partial charge on any atom is -0.449 e. The predicted molar refractivity (Wildman–Crippen MR) is 121 cm³/mol. The number of fused-ring (bicyclic) bond motifs is 3. The maximum atomic E-state index is 12.1. The lowest BCUT2D eigenvalue weighted by atomic mass is 9.98. The van der Waals surface area contributed by atoms with Gasteiger partial charge >= 0.3 is 6.09 Å². The van der Waals surface area contributed by atoms with E-state index in [2.05, 4.69) is 41.4 Å². The Labute approximate surface area is 186 Å². The van der Waals surface area contributed by atoms with Crippen LogP contribution in [-0.4, -0.2) is 19.2 Å². The Hall–Kier alpha value is -2.93. The fourth-order valence-electron chi connectivity index (χ4n) is 3.67. The highest BCUT2D eigenvalue weighted by Gasteiger charge is 2.28. The Morgan fingerprint density at radius 3 is 2.33 bits per heavy atom. The van der Waals surface area contributed by atoms with Crippen LogP contribution in [0.3, 0.4) is 0 Å². The lowest BCUT2D eigenvalue weighted by Gasteiger charge is -2.14. The Morgan fingerprint density at radius 2 is 1.67 bits per heavy atom. The molecular weight excluding hydrogens is 417 g/mol. The van der Waals surface area contributed by atoms with Gasteiger partial charge in [-0.15, -0.1) is 11.6 Å². The molecule has 3 aromatic rings. The summed E-state index contributed by atoms with van der Waals surface area (Å²) in [5.74, 6) is 6.27. The van der Waals surface area contributed by atoms with Crippen molar-refractivity contribution in [2.75, 3.05) is 13.2 Å². The van der Waals surface area contributed by atoms with Crippen molar-refractivity contribution in [2.24, 2.45) is 0 Å². The average Bonchev–Trinajstić information content (AvgIpc) is 3.10. The molecule has 3 nitrogen and oxygen atoms in total. The smallest absolute Gasteiger partial charge is 0.407 e. The first-order valence-electron chi connectivity index (χ1n) is 9.59. The van der Waals surface area contributed by atoms with Crippen molar-refractivity contribution >= 4 is 29.3 Å². The zero-order valence-electron chi connectivity index (χ0n) is 16.1. The van der Waals surface area contributed by atoms with Gasteiger partial charge in [0.1, 0.15) is 6.61 Å². The number of rotatable bonds is 4. The molecule has 3 aromatic carbocycles. The van der Waals surface area contributed by atoms with Gasteiger partial charge in [-0.2, -0.15) is 0 Å². The number of nitrogens with one attached hydrogen (secondary N) is 1. The molecule has 0 aromatic heterocycles. The Bertz CT molecular complexity index is 1100. The zero-order valence-corrected chi connectivity index (χ0v) is 17.6. The summed E-state index contributed by atoms with van der Waals surface area (Å²) >= 11 is 11.9. The number of carbonyl (C=O) groups is 1. The molecule has 0 bridgehead atoms. The van der Waals surface area contributed by atoms with Crippen molar-refractivity contribution in [3.8, 4) is 23.0 Å². The van der Waals surface area contributed by atoms with Crippen molar-refractivity contribution in [3.05, 3.63) is 94.0 Å². The summed E-state index contributed by atoms with van der Waals surface area (Å²) in [5.41, 5.74) is 6.40. The first kappa shape index (κ1) is 20.3. The number of halogens is 2. The van der Waals surface area contributed by atoms with Gasteiger partial charge in [0.05, 0.1) is 6.54 Å². The molecule has 1 N–H and O–H groups in total. The number of ether oxygens (including phenoxy) is 1. The van der Waals surface area contributed by atoms with E-state index in [1.54, 1.807) is 6.07 Å². The minimum atomic E-state index is -0.483. The summed E-state index contributed by atoms with van der Waals surface area (Å²) in [6.45, 7) is 0.471. The molecule has 0 saturated heterocycles. The third kappa shape index (κ3) is 4.31. The van der Waals surface area contributed by atoms with Crippen molar-refractivity contribution < 1.29 is 9.53 Å². The molecular formula is C25H19Cl2NO2. The molecule has 1 amide bonds. The van der Waals surface area contributed by atoms with E-state index >= 15 is 0 Å². The van der Waals surface area contributed by atoms with Gasteiger partial charge in [0.15, 0.2) is 0 Å². The fraction of sp³-hybridized carbons (Fsp3) is 0.160. The topological polar surface area (TPSA) is 38.3 Å². The summed E-state index contributed by atoms with van der Waals surface area (Å²) in [7, 11) is 0. The number of carbonyl (C=O) groups excluding carboxylic acids is 1. The number of alkyl halides is 1. The molecule has 0 saturated carbocycles. The standard InChI is InChI=1S/C25H19Cl2NO2/c26-15-18-14-17(11-12-24(18)27)6-5-13-28-25(29)30-16-23-21-9-3-1-7-19(21)20-8-2-4-10-22(20)23/h1-4,7-12,14,23H,13,15-16H2,(H,28,29). The van der Waals surface area contributed by atoms with E-state index in [1.165, 1.54) is 22.3 Å². The SMILES string of the molecule is O=C(NCC#Cc1ccc(Cl)c(CCl)c1)OCC1c2ccccc2-c2ccccc21. The van der Waals surface area contributed by atoms with Crippen LogP contribution in [0.1, 0.15) is 28.2 Å². The average molecular weight is 436 g/mol. The van der Waals surface area contributed by atoms with Gasteiger partial charge < -0.3 is 10.1 Å². The van der Waals surface area contributed by atoms with E-state index < -0.39 is 6.09 Å². The van der Waals surface area contributed by atoms with Crippen LogP contribution in [0.25, 0.3) is 11.1 Å². The normalized spacial score (nSPS) is 11.8. The number of amides is 1. The van der Waals surface area contributed by atoms with Crippen LogP contribution in [0, 0.1) is 11.8 Å². The molecule has 0 fully saturated rings. The molecule has 0 aliphatic heterocycles. The molecule has 1 aliphatic carbocycles. The first-order chi connectivity index (χ1) is 14.7. The van der Waals surface area contributed by atoms with Crippen molar-refractivity contribution in [1.29, 1.82) is 0 Å². The summed E-state index contributed by atoms with van der Waals surface area (Å²) < 4.78 is 5.49. The second-order valence-electron chi connectivity index (χ2n) is 6.92. The van der Waals surface area contributed by atoms with Crippen molar-refractivity contribution in [2.45, 2.75) is 11.8 Å². The third-order valence-corrected chi connectivity index (χ3v) is 5.74. The van der Waals surface area contributed by atoms with Crippen molar-refractivity contribution in [3.63, 3.8) is 0 Å². The first-order valence-corrected chi connectivity index (χ1v) is 10.5. The zero-order chi connectivity index (χ0) is 20.9. The highest BCUT2D eigenvalue weighted by atomic mass is 35.5. The molecule has 0 radical (unpaired) electrons. The molecule has 1 aliphatic rings. The Kier molecular flexibility index (Phi) is 6.28. The molecule has 4 rings (SSSR count). The third-order valence-electron chi connectivity index (χ3n) is 5.09. The molecule has 150 valence electrons. The Morgan fingerprint density at radius 1 is 1.00 bits per heavy atom. The fourth-order valence-corrected chi connectivity index (χ4v) is 4.14. The van der Waals surface area contributed by atoms with E-state index in [4.69, 9.17) is 27.9 Å². The van der Waals surface area contributed by atoms with E-state index in [1.807, 2.05) is 36.4 Å². The summed E-state index contributed by atoms with van der Waals surface area (Å²) in [4.78, 5) is 12.1.